The molecule has 0 amide bonds. The Morgan fingerprint density at radius 1 is 1.43 bits per heavy atom. The molecule has 2 aromatic rings. The first-order valence-electron chi connectivity index (χ1n) is 7.11. The summed E-state index contributed by atoms with van der Waals surface area (Å²) in [6.07, 6.45) is 1.14. The second-order valence-electron chi connectivity index (χ2n) is 5.57. The maximum Gasteiger partial charge on any atom is 0.259 e. The number of halogens is 1. The Morgan fingerprint density at radius 3 is 2.91 bits per heavy atom. The number of hydrogen-bond donors (Lipinski definition) is 1. The maximum absolute atomic E-state index is 11.7. The third kappa shape index (κ3) is 3.40. The van der Waals surface area contributed by atoms with Gasteiger partial charge in [-0.05, 0) is 25.2 Å². The number of aromatic nitrogens is 2. The van der Waals surface area contributed by atoms with Crippen molar-refractivity contribution in [2.24, 2.45) is 0 Å². The summed E-state index contributed by atoms with van der Waals surface area (Å²) >= 11 is 6.16. The molecular formula is C14H17ClN4O3S. The summed E-state index contributed by atoms with van der Waals surface area (Å²) < 4.78 is 28.7. The fourth-order valence-corrected chi connectivity index (χ4v) is 3.32. The summed E-state index contributed by atoms with van der Waals surface area (Å²) in [5.41, 5.74) is 0.416. The summed E-state index contributed by atoms with van der Waals surface area (Å²) in [5.74, 6) is 0.769. The molecule has 1 aromatic carbocycles. The van der Waals surface area contributed by atoms with E-state index in [1.54, 1.807) is 0 Å². The minimum Gasteiger partial charge on any atom is -0.334 e. The van der Waals surface area contributed by atoms with Crippen LogP contribution in [-0.2, 0) is 9.84 Å². The first-order chi connectivity index (χ1) is 10.9. The van der Waals surface area contributed by atoms with E-state index < -0.39 is 9.84 Å². The van der Waals surface area contributed by atoms with Crippen LogP contribution >= 0.6 is 11.6 Å². The van der Waals surface area contributed by atoms with Crippen LogP contribution in [-0.4, -0.2) is 56.4 Å². The molecule has 1 N–H and O–H groups in total. The molecule has 2 heterocycles. The van der Waals surface area contributed by atoms with Crippen molar-refractivity contribution in [1.29, 1.82) is 0 Å². The van der Waals surface area contributed by atoms with E-state index in [0.29, 0.717) is 16.4 Å². The predicted molar refractivity (Wildman–Crippen MR) is 86.1 cm³/mol. The SMILES string of the molecule is CN1CCNCC1c1noc(-c2cc(S(C)(=O)=O)ccc2Cl)n1. The molecule has 0 spiro atoms. The summed E-state index contributed by atoms with van der Waals surface area (Å²) in [7, 11) is -1.34. The van der Waals surface area contributed by atoms with Crippen molar-refractivity contribution in [2.45, 2.75) is 10.9 Å². The van der Waals surface area contributed by atoms with Crippen LogP contribution in [0.5, 0.6) is 0 Å². The standard InChI is InChI=1S/C14H17ClN4O3S/c1-19-6-5-16-8-12(19)13-17-14(22-18-13)10-7-9(23(2,20)21)3-4-11(10)15/h3-4,7,12,16H,5-6,8H2,1-2H3. The van der Waals surface area contributed by atoms with Crippen LogP contribution in [0.3, 0.4) is 0 Å². The zero-order chi connectivity index (χ0) is 16.6. The number of likely N-dealkylation sites (N-methyl/N-ethyl adjacent to an activating group) is 1. The van der Waals surface area contributed by atoms with Gasteiger partial charge >= 0.3 is 0 Å². The van der Waals surface area contributed by atoms with Crippen molar-refractivity contribution in [2.75, 3.05) is 32.9 Å². The summed E-state index contributed by atoms with van der Waals surface area (Å²) in [6.45, 7) is 2.53. The Morgan fingerprint density at radius 2 is 2.22 bits per heavy atom. The fraction of sp³-hybridized carbons (Fsp3) is 0.429. The van der Waals surface area contributed by atoms with Crippen molar-refractivity contribution >= 4 is 21.4 Å². The van der Waals surface area contributed by atoms with E-state index in [1.165, 1.54) is 18.2 Å². The molecule has 3 rings (SSSR count). The van der Waals surface area contributed by atoms with Gasteiger partial charge in [-0.1, -0.05) is 16.8 Å². The Bertz CT molecular complexity index is 821. The van der Waals surface area contributed by atoms with E-state index in [9.17, 15) is 8.42 Å². The highest BCUT2D eigenvalue weighted by atomic mass is 35.5. The average Bonchev–Trinajstić information content (AvgIpc) is 2.96. The first-order valence-corrected chi connectivity index (χ1v) is 9.38. The second-order valence-corrected chi connectivity index (χ2v) is 8.00. The molecule has 0 saturated carbocycles. The minimum atomic E-state index is -3.34. The zero-order valence-corrected chi connectivity index (χ0v) is 14.4. The number of piperazine rings is 1. The van der Waals surface area contributed by atoms with Gasteiger partial charge in [-0.2, -0.15) is 4.98 Å². The molecule has 23 heavy (non-hydrogen) atoms. The van der Waals surface area contributed by atoms with Crippen molar-refractivity contribution in [3.63, 3.8) is 0 Å². The lowest BCUT2D eigenvalue weighted by Gasteiger charge is -2.30. The van der Waals surface area contributed by atoms with Crippen LogP contribution in [0.2, 0.25) is 5.02 Å². The van der Waals surface area contributed by atoms with Gasteiger partial charge in [0.05, 0.1) is 21.5 Å². The number of sulfone groups is 1. The largest absolute Gasteiger partial charge is 0.334 e. The number of rotatable bonds is 3. The van der Waals surface area contributed by atoms with Gasteiger partial charge < -0.3 is 9.84 Å². The molecule has 1 unspecified atom stereocenters. The molecule has 0 radical (unpaired) electrons. The molecule has 1 aliphatic rings. The lowest BCUT2D eigenvalue weighted by Crippen LogP contribution is -2.44. The third-order valence-corrected chi connectivity index (χ3v) is 5.29. The van der Waals surface area contributed by atoms with Gasteiger partial charge in [-0.3, -0.25) is 4.90 Å². The minimum absolute atomic E-state index is 0.0121. The lowest BCUT2D eigenvalue weighted by molar-refractivity contribution is 0.190. The number of benzene rings is 1. The zero-order valence-electron chi connectivity index (χ0n) is 12.8. The smallest absolute Gasteiger partial charge is 0.259 e. The van der Waals surface area contributed by atoms with E-state index in [4.69, 9.17) is 16.1 Å². The van der Waals surface area contributed by atoms with E-state index in [-0.39, 0.29) is 16.8 Å². The van der Waals surface area contributed by atoms with Crippen LogP contribution < -0.4 is 5.32 Å². The van der Waals surface area contributed by atoms with E-state index in [0.717, 1.165) is 25.9 Å². The molecule has 1 fully saturated rings. The maximum atomic E-state index is 11.7. The Kier molecular flexibility index (Phi) is 4.41. The highest BCUT2D eigenvalue weighted by Crippen LogP contribution is 2.30. The van der Waals surface area contributed by atoms with Crippen LogP contribution in [0.25, 0.3) is 11.5 Å². The third-order valence-electron chi connectivity index (χ3n) is 3.85. The molecule has 1 aromatic heterocycles. The predicted octanol–water partition coefficient (Wildman–Crippen LogP) is 1.37. The van der Waals surface area contributed by atoms with E-state index in [2.05, 4.69) is 20.4 Å². The van der Waals surface area contributed by atoms with Gasteiger partial charge in [0.1, 0.15) is 0 Å². The molecule has 0 bridgehead atoms. The van der Waals surface area contributed by atoms with Gasteiger partial charge in [-0.25, -0.2) is 8.42 Å². The highest BCUT2D eigenvalue weighted by molar-refractivity contribution is 7.90. The molecule has 1 saturated heterocycles. The Hall–Kier alpha value is -1.48. The second kappa shape index (κ2) is 6.20. The normalized spacial score (nSPS) is 19.9. The fourth-order valence-electron chi connectivity index (χ4n) is 2.47. The van der Waals surface area contributed by atoms with Crippen LogP contribution in [0.1, 0.15) is 11.9 Å². The Balaban J connectivity index is 1.97. The number of nitrogens with one attached hydrogen (secondary N) is 1. The molecular weight excluding hydrogens is 340 g/mol. The van der Waals surface area contributed by atoms with Crippen LogP contribution in [0.4, 0.5) is 0 Å². The molecule has 7 nitrogen and oxygen atoms in total. The van der Waals surface area contributed by atoms with Crippen molar-refractivity contribution < 1.29 is 12.9 Å². The van der Waals surface area contributed by atoms with Gasteiger partial charge in [-0.15, -0.1) is 0 Å². The van der Waals surface area contributed by atoms with Gasteiger partial charge in [0.15, 0.2) is 15.7 Å². The highest BCUT2D eigenvalue weighted by Gasteiger charge is 2.26. The molecule has 1 aliphatic heterocycles. The number of hydrogen-bond acceptors (Lipinski definition) is 7. The van der Waals surface area contributed by atoms with Crippen molar-refractivity contribution in [3.8, 4) is 11.5 Å². The molecule has 1 atom stereocenters. The summed E-state index contributed by atoms with van der Waals surface area (Å²) in [5, 5.41) is 7.67. The average molecular weight is 357 g/mol. The quantitative estimate of drug-likeness (QED) is 0.888. The van der Waals surface area contributed by atoms with Crippen LogP contribution in [0.15, 0.2) is 27.6 Å². The molecule has 0 aliphatic carbocycles. The van der Waals surface area contributed by atoms with E-state index >= 15 is 0 Å². The van der Waals surface area contributed by atoms with Gasteiger partial charge in [0.25, 0.3) is 5.89 Å². The van der Waals surface area contributed by atoms with Gasteiger partial charge in [0.2, 0.25) is 0 Å². The topological polar surface area (TPSA) is 88.3 Å². The lowest BCUT2D eigenvalue weighted by atomic mass is 10.2. The molecule has 124 valence electrons. The van der Waals surface area contributed by atoms with Crippen molar-refractivity contribution in [3.05, 3.63) is 29.0 Å². The monoisotopic (exact) mass is 356 g/mol. The summed E-state index contributed by atoms with van der Waals surface area (Å²) in [4.78, 5) is 6.70. The molecule has 9 heteroatoms. The number of nitrogens with zero attached hydrogens (tertiary/aromatic N) is 3. The van der Waals surface area contributed by atoms with Gasteiger partial charge in [0, 0.05) is 25.9 Å². The van der Waals surface area contributed by atoms with Crippen molar-refractivity contribution in [1.82, 2.24) is 20.4 Å². The first kappa shape index (κ1) is 16.4. The summed E-state index contributed by atoms with van der Waals surface area (Å²) in [6, 6.07) is 4.44. The Labute approximate surface area is 139 Å². The van der Waals surface area contributed by atoms with E-state index in [1.807, 2.05) is 7.05 Å². The van der Waals surface area contributed by atoms with Crippen LogP contribution in [0, 0.1) is 0 Å².